The topological polar surface area (TPSA) is 79.1 Å². The molecule has 3 fully saturated rings. The van der Waals surface area contributed by atoms with E-state index in [9.17, 15) is 4.79 Å². The van der Waals surface area contributed by atoms with Crippen LogP contribution in [0, 0.1) is 12.3 Å². The van der Waals surface area contributed by atoms with Gasteiger partial charge in [-0.1, -0.05) is 0 Å². The third kappa shape index (κ3) is 3.02. The van der Waals surface area contributed by atoms with E-state index in [1.54, 1.807) is 10.8 Å². The smallest absolute Gasteiger partial charge is 0.230 e. The van der Waals surface area contributed by atoms with E-state index < -0.39 is 0 Å². The summed E-state index contributed by atoms with van der Waals surface area (Å²) in [5, 5.41) is 12.7. The highest BCUT2D eigenvalue weighted by Gasteiger charge is 2.50. The van der Waals surface area contributed by atoms with Gasteiger partial charge in [0, 0.05) is 45.8 Å². The van der Waals surface area contributed by atoms with Crippen molar-refractivity contribution >= 4 is 17.2 Å². The molecule has 9 nitrogen and oxygen atoms in total. The molecule has 0 radical (unpaired) electrons. The number of hydrogen-bond donors (Lipinski definition) is 0. The molecule has 2 aromatic heterocycles. The fourth-order valence-corrected chi connectivity index (χ4v) is 4.82. The van der Waals surface area contributed by atoms with E-state index in [-0.39, 0.29) is 5.41 Å². The van der Waals surface area contributed by atoms with Crippen LogP contribution in [-0.2, 0) is 9.53 Å². The van der Waals surface area contributed by atoms with Gasteiger partial charge in [-0.3, -0.25) is 9.69 Å². The third-order valence-electron chi connectivity index (χ3n) is 6.46. The molecule has 150 valence electrons. The second-order valence-electron chi connectivity index (χ2n) is 8.22. The van der Waals surface area contributed by atoms with E-state index >= 15 is 0 Å². The highest BCUT2D eigenvalue weighted by molar-refractivity contribution is 5.87. The molecule has 0 aliphatic carbocycles. The Morgan fingerprint density at radius 1 is 1.14 bits per heavy atom. The van der Waals surface area contributed by atoms with Gasteiger partial charge in [0.25, 0.3) is 0 Å². The molecule has 2 aromatic rings. The van der Waals surface area contributed by atoms with Crippen LogP contribution in [0.2, 0.25) is 0 Å². The van der Waals surface area contributed by atoms with Crippen LogP contribution in [0.3, 0.4) is 0 Å². The molecule has 5 rings (SSSR count). The lowest BCUT2D eigenvalue weighted by Gasteiger charge is -2.29. The van der Waals surface area contributed by atoms with Crippen molar-refractivity contribution in [3.63, 3.8) is 0 Å². The van der Waals surface area contributed by atoms with Gasteiger partial charge in [-0.05, 0) is 25.8 Å². The van der Waals surface area contributed by atoms with Crippen LogP contribution in [0.25, 0.3) is 5.65 Å². The van der Waals surface area contributed by atoms with Crippen molar-refractivity contribution in [2.45, 2.75) is 19.8 Å². The molecule has 0 saturated carbocycles. The largest absolute Gasteiger partial charge is 0.379 e. The Morgan fingerprint density at radius 3 is 2.82 bits per heavy atom. The molecule has 3 aliphatic heterocycles. The van der Waals surface area contributed by atoms with Crippen LogP contribution in [0.5, 0.6) is 0 Å². The van der Waals surface area contributed by atoms with Gasteiger partial charge in [0.1, 0.15) is 6.33 Å². The first-order valence-corrected chi connectivity index (χ1v) is 10.2. The number of amides is 1. The molecule has 9 heteroatoms. The van der Waals surface area contributed by atoms with Crippen molar-refractivity contribution in [3.05, 3.63) is 18.1 Å². The fourth-order valence-electron chi connectivity index (χ4n) is 4.82. The van der Waals surface area contributed by atoms with E-state index in [4.69, 9.17) is 4.74 Å². The van der Waals surface area contributed by atoms with E-state index in [2.05, 4.69) is 36.1 Å². The van der Waals surface area contributed by atoms with Gasteiger partial charge >= 0.3 is 0 Å². The average molecular weight is 385 g/mol. The zero-order valence-electron chi connectivity index (χ0n) is 16.4. The summed E-state index contributed by atoms with van der Waals surface area (Å²) in [6.07, 6.45) is 3.48. The number of nitrogens with zero attached hydrogens (tertiary/aromatic N) is 7. The second kappa shape index (κ2) is 6.97. The van der Waals surface area contributed by atoms with Gasteiger partial charge < -0.3 is 14.5 Å². The Bertz CT molecular complexity index is 878. The highest BCUT2D eigenvalue weighted by atomic mass is 16.5. The van der Waals surface area contributed by atoms with Gasteiger partial charge in [0.15, 0.2) is 0 Å². The molecule has 0 bridgehead atoms. The lowest BCUT2D eigenvalue weighted by Crippen LogP contribution is -2.43. The Kier molecular flexibility index (Phi) is 4.43. The molecular weight excluding hydrogens is 358 g/mol. The molecule has 3 saturated heterocycles. The van der Waals surface area contributed by atoms with Crippen LogP contribution in [0.15, 0.2) is 12.4 Å². The summed E-state index contributed by atoms with van der Waals surface area (Å²) in [4.78, 5) is 20.0. The van der Waals surface area contributed by atoms with Crippen LogP contribution in [0.1, 0.15) is 18.5 Å². The van der Waals surface area contributed by atoms with Gasteiger partial charge in [-0.15, -0.1) is 10.2 Å². The first-order valence-electron chi connectivity index (χ1n) is 10.2. The molecule has 1 unspecified atom stereocenters. The number of anilines is 1. The quantitative estimate of drug-likeness (QED) is 0.744. The number of likely N-dealkylation sites (tertiary alicyclic amines) is 1. The predicted molar refractivity (Wildman–Crippen MR) is 103 cm³/mol. The van der Waals surface area contributed by atoms with Gasteiger partial charge in [-0.2, -0.15) is 9.61 Å². The summed E-state index contributed by atoms with van der Waals surface area (Å²) in [6.45, 7) is 9.77. The normalized spacial score (nSPS) is 26.2. The van der Waals surface area contributed by atoms with Crippen molar-refractivity contribution in [1.82, 2.24) is 29.6 Å². The summed E-state index contributed by atoms with van der Waals surface area (Å²) in [5.74, 6) is 0.325. The van der Waals surface area contributed by atoms with Crippen molar-refractivity contribution in [2.75, 3.05) is 63.9 Å². The number of aromatic nitrogens is 4. The van der Waals surface area contributed by atoms with E-state index in [0.717, 1.165) is 88.9 Å². The van der Waals surface area contributed by atoms with E-state index in [0.29, 0.717) is 5.91 Å². The Hall–Kier alpha value is -2.26. The van der Waals surface area contributed by atoms with Crippen LogP contribution >= 0.6 is 0 Å². The molecule has 1 amide bonds. The number of aryl methyl sites for hydroxylation is 1. The van der Waals surface area contributed by atoms with Crippen molar-refractivity contribution in [3.8, 4) is 0 Å². The number of carbonyl (C=O) groups is 1. The van der Waals surface area contributed by atoms with Crippen LogP contribution in [0.4, 0.5) is 5.69 Å². The molecule has 0 aromatic carbocycles. The monoisotopic (exact) mass is 385 g/mol. The Labute approximate surface area is 164 Å². The number of rotatable bonds is 4. The van der Waals surface area contributed by atoms with Gasteiger partial charge in [0.2, 0.25) is 11.6 Å². The SMILES string of the molecule is Cc1cc(N2CCC3(CCN(CCN4CCOCC4)C3=O)C2)c2nncn2n1. The molecule has 1 atom stereocenters. The maximum absolute atomic E-state index is 13.3. The summed E-state index contributed by atoms with van der Waals surface area (Å²) >= 11 is 0. The first-order chi connectivity index (χ1) is 13.6. The number of fused-ring (bicyclic) bond motifs is 1. The second-order valence-corrected chi connectivity index (χ2v) is 8.22. The van der Waals surface area contributed by atoms with Crippen LogP contribution in [-0.4, -0.2) is 94.5 Å². The van der Waals surface area contributed by atoms with Crippen molar-refractivity contribution in [1.29, 1.82) is 0 Å². The van der Waals surface area contributed by atoms with E-state index in [1.807, 2.05) is 6.92 Å². The lowest BCUT2D eigenvalue weighted by atomic mass is 9.85. The summed E-state index contributed by atoms with van der Waals surface area (Å²) in [7, 11) is 0. The van der Waals surface area contributed by atoms with Crippen molar-refractivity contribution in [2.24, 2.45) is 5.41 Å². The fraction of sp³-hybridized carbons (Fsp3) is 0.684. The highest BCUT2D eigenvalue weighted by Crippen LogP contribution is 2.42. The Balaban J connectivity index is 1.28. The molecule has 1 spiro atoms. The molecule has 5 heterocycles. The number of carbonyl (C=O) groups excluding carboxylic acids is 1. The minimum atomic E-state index is -0.251. The molecule has 3 aliphatic rings. The maximum Gasteiger partial charge on any atom is 0.230 e. The molecule has 0 N–H and O–H groups in total. The lowest BCUT2D eigenvalue weighted by molar-refractivity contribution is -0.135. The zero-order chi connectivity index (χ0) is 19.1. The summed E-state index contributed by atoms with van der Waals surface area (Å²) in [6, 6.07) is 2.05. The summed E-state index contributed by atoms with van der Waals surface area (Å²) in [5.41, 5.74) is 2.46. The third-order valence-corrected chi connectivity index (χ3v) is 6.46. The average Bonchev–Trinajstić information content (AvgIpc) is 3.42. The van der Waals surface area contributed by atoms with Crippen LogP contribution < -0.4 is 4.90 Å². The zero-order valence-corrected chi connectivity index (χ0v) is 16.4. The number of hydrogen-bond acceptors (Lipinski definition) is 7. The predicted octanol–water partition coefficient (Wildman–Crippen LogP) is 0.194. The minimum absolute atomic E-state index is 0.251. The van der Waals surface area contributed by atoms with Crippen molar-refractivity contribution < 1.29 is 9.53 Å². The molecule has 28 heavy (non-hydrogen) atoms. The van der Waals surface area contributed by atoms with Gasteiger partial charge in [0.05, 0.1) is 30.0 Å². The number of morpholine rings is 1. The Morgan fingerprint density at radius 2 is 1.96 bits per heavy atom. The molecular formula is C19H27N7O2. The standard InChI is InChI=1S/C19H27N7O2/c1-15-12-16(17-21-20-14-26(17)22-15)25-5-3-19(13-25)2-4-24(18(19)27)7-6-23-8-10-28-11-9-23/h12,14H,2-11,13H2,1H3. The summed E-state index contributed by atoms with van der Waals surface area (Å²) < 4.78 is 7.14. The first kappa shape index (κ1) is 17.8. The minimum Gasteiger partial charge on any atom is -0.379 e. The maximum atomic E-state index is 13.3. The van der Waals surface area contributed by atoms with E-state index in [1.165, 1.54) is 0 Å². The van der Waals surface area contributed by atoms with Gasteiger partial charge in [-0.25, -0.2) is 0 Å². The number of ether oxygens (including phenoxy) is 1.